The summed E-state index contributed by atoms with van der Waals surface area (Å²) in [7, 11) is 1.56. The van der Waals surface area contributed by atoms with Gasteiger partial charge in [-0.1, -0.05) is 30.3 Å². The minimum Gasteiger partial charge on any atom is -0.497 e. The van der Waals surface area contributed by atoms with Gasteiger partial charge in [0, 0.05) is 11.0 Å². The van der Waals surface area contributed by atoms with Gasteiger partial charge in [0.25, 0.3) is 5.91 Å². The molecule has 0 saturated carbocycles. The highest BCUT2D eigenvalue weighted by molar-refractivity contribution is 9.10. The average molecular weight is 369 g/mol. The molecule has 0 fully saturated rings. The van der Waals surface area contributed by atoms with E-state index in [4.69, 9.17) is 16.3 Å². The first-order chi connectivity index (χ1) is 10.1. The number of carbonyl (C=O) groups excluding carboxylic acids is 1. The SMILES string of the molecule is COc1ccc(Br)c(C(=O)NCC(Cl)c2ccccc2)c1. The average Bonchev–Trinajstić information content (AvgIpc) is 2.53. The van der Waals surface area contributed by atoms with E-state index < -0.39 is 0 Å². The van der Waals surface area contributed by atoms with Gasteiger partial charge in [0.2, 0.25) is 0 Å². The molecule has 1 unspecified atom stereocenters. The summed E-state index contributed by atoms with van der Waals surface area (Å²) >= 11 is 9.65. The Labute approximate surface area is 137 Å². The number of hydrogen-bond donors (Lipinski definition) is 1. The molecule has 2 aromatic rings. The van der Waals surface area contributed by atoms with E-state index in [1.807, 2.05) is 30.3 Å². The zero-order valence-electron chi connectivity index (χ0n) is 11.5. The van der Waals surface area contributed by atoms with E-state index in [1.165, 1.54) is 0 Å². The monoisotopic (exact) mass is 367 g/mol. The number of benzene rings is 2. The molecule has 0 aliphatic rings. The number of ether oxygens (including phenoxy) is 1. The maximum atomic E-state index is 12.2. The zero-order valence-corrected chi connectivity index (χ0v) is 13.8. The summed E-state index contributed by atoms with van der Waals surface area (Å²) in [5.41, 5.74) is 1.50. The van der Waals surface area contributed by atoms with Crippen LogP contribution in [0.5, 0.6) is 5.75 Å². The van der Waals surface area contributed by atoms with E-state index in [0.717, 1.165) is 5.56 Å². The fraction of sp³-hybridized carbons (Fsp3) is 0.188. The van der Waals surface area contributed by atoms with Crippen LogP contribution in [0, 0.1) is 0 Å². The predicted octanol–water partition coefficient (Wildman–Crippen LogP) is 4.17. The van der Waals surface area contributed by atoms with Gasteiger partial charge in [-0.05, 0) is 39.7 Å². The van der Waals surface area contributed by atoms with Crippen LogP contribution in [0.15, 0.2) is 53.0 Å². The largest absolute Gasteiger partial charge is 0.497 e. The molecule has 3 nitrogen and oxygen atoms in total. The molecule has 0 spiro atoms. The fourth-order valence-electron chi connectivity index (χ4n) is 1.86. The summed E-state index contributed by atoms with van der Waals surface area (Å²) in [5.74, 6) is 0.441. The van der Waals surface area contributed by atoms with Crippen molar-refractivity contribution in [2.45, 2.75) is 5.38 Å². The predicted molar refractivity (Wildman–Crippen MR) is 88.1 cm³/mol. The summed E-state index contributed by atoms with van der Waals surface area (Å²) in [6, 6.07) is 14.9. The Morgan fingerprint density at radius 2 is 2.00 bits per heavy atom. The van der Waals surface area contributed by atoms with Gasteiger partial charge in [-0.2, -0.15) is 0 Å². The molecule has 2 rings (SSSR count). The van der Waals surface area contributed by atoms with Crippen LogP contribution in [0.4, 0.5) is 0 Å². The maximum absolute atomic E-state index is 12.2. The fourth-order valence-corrected chi connectivity index (χ4v) is 2.51. The van der Waals surface area contributed by atoms with Gasteiger partial charge < -0.3 is 10.1 Å². The number of nitrogens with one attached hydrogen (secondary N) is 1. The number of rotatable bonds is 5. The quantitative estimate of drug-likeness (QED) is 0.805. The smallest absolute Gasteiger partial charge is 0.252 e. The van der Waals surface area contributed by atoms with E-state index in [2.05, 4.69) is 21.2 Å². The van der Waals surface area contributed by atoms with Gasteiger partial charge >= 0.3 is 0 Å². The zero-order chi connectivity index (χ0) is 15.2. The molecule has 2 aromatic carbocycles. The molecule has 21 heavy (non-hydrogen) atoms. The van der Waals surface area contributed by atoms with Gasteiger partial charge in [-0.15, -0.1) is 11.6 Å². The number of hydrogen-bond acceptors (Lipinski definition) is 2. The van der Waals surface area contributed by atoms with E-state index in [9.17, 15) is 4.79 Å². The van der Waals surface area contributed by atoms with Gasteiger partial charge in [-0.3, -0.25) is 4.79 Å². The van der Waals surface area contributed by atoms with Crippen LogP contribution in [0.1, 0.15) is 21.3 Å². The molecule has 5 heteroatoms. The van der Waals surface area contributed by atoms with E-state index >= 15 is 0 Å². The van der Waals surface area contributed by atoms with Crippen molar-refractivity contribution in [2.75, 3.05) is 13.7 Å². The van der Waals surface area contributed by atoms with Crippen molar-refractivity contribution in [1.82, 2.24) is 5.32 Å². The standard InChI is InChI=1S/C16H15BrClNO2/c1-21-12-7-8-14(17)13(9-12)16(20)19-10-15(18)11-5-3-2-4-6-11/h2-9,15H,10H2,1H3,(H,19,20). The van der Waals surface area contributed by atoms with Crippen LogP contribution in [-0.2, 0) is 0 Å². The molecular formula is C16H15BrClNO2. The summed E-state index contributed by atoms with van der Waals surface area (Å²) in [4.78, 5) is 12.2. The number of alkyl halides is 1. The van der Waals surface area contributed by atoms with Gasteiger partial charge in [0.05, 0.1) is 18.1 Å². The summed E-state index contributed by atoms with van der Waals surface area (Å²) in [6.45, 7) is 0.355. The summed E-state index contributed by atoms with van der Waals surface area (Å²) in [6.07, 6.45) is 0. The van der Waals surface area contributed by atoms with Crippen LogP contribution in [0.3, 0.4) is 0 Å². The highest BCUT2D eigenvalue weighted by Crippen LogP contribution is 2.23. The van der Waals surface area contributed by atoms with E-state index in [1.54, 1.807) is 25.3 Å². The number of halogens is 2. The third kappa shape index (κ3) is 4.22. The Morgan fingerprint density at radius 1 is 1.29 bits per heavy atom. The van der Waals surface area contributed by atoms with Crippen molar-refractivity contribution in [3.05, 3.63) is 64.1 Å². The van der Waals surface area contributed by atoms with Gasteiger partial charge in [0.15, 0.2) is 0 Å². The minimum absolute atomic E-state index is 0.192. The van der Waals surface area contributed by atoms with Crippen molar-refractivity contribution >= 4 is 33.4 Å². The van der Waals surface area contributed by atoms with Crippen LogP contribution < -0.4 is 10.1 Å². The second-order valence-electron chi connectivity index (χ2n) is 4.43. The second kappa shape index (κ2) is 7.48. The molecule has 110 valence electrons. The molecule has 0 saturated heterocycles. The van der Waals surface area contributed by atoms with Crippen LogP contribution in [0.25, 0.3) is 0 Å². The Bertz CT molecular complexity index is 619. The van der Waals surface area contributed by atoms with Gasteiger partial charge in [0.1, 0.15) is 5.75 Å². The first-order valence-electron chi connectivity index (χ1n) is 6.42. The Morgan fingerprint density at radius 3 is 2.67 bits per heavy atom. The van der Waals surface area contributed by atoms with Crippen LogP contribution >= 0.6 is 27.5 Å². The lowest BCUT2D eigenvalue weighted by Crippen LogP contribution is -2.27. The Hall–Kier alpha value is -1.52. The lowest BCUT2D eigenvalue weighted by molar-refractivity contribution is 0.0952. The summed E-state index contributed by atoms with van der Waals surface area (Å²) < 4.78 is 5.84. The molecule has 1 amide bonds. The lowest BCUT2D eigenvalue weighted by atomic mass is 10.1. The third-order valence-corrected chi connectivity index (χ3v) is 4.12. The molecule has 1 N–H and O–H groups in total. The molecule has 0 radical (unpaired) electrons. The summed E-state index contributed by atoms with van der Waals surface area (Å²) in [5, 5.41) is 2.57. The van der Waals surface area contributed by atoms with Crippen LogP contribution in [0.2, 0.25) is 0 Å². The van der Waals surface area contributed by atoms with Crippen molar-refractivity contribution in [3.63, 3.8) is 0 Å². The highest BCUT2D eigenvalue weighted by atomic mass is 79.9. The Kier molecular flexibility index (Phi) is 5.65. The maximum Gasteiger partial charge on any atom is 0.252 e. The van der Waals surface area contributed by atoms with Crippen LogP contribution in [-0.4, -0.2) is 19.6 Å². The molecule has 0 aromatic heterocycles. The molecular weight excluding hydrogens is 354 g/mol. The lowest BCUT2D eigenvalue weighted by Gasteiger charge is -2.12. The number of amides is 1. The number of carbonyl (C=O) groups is 1. The highest BCUT2D eigenvalue weighted by Gasteiger charge is 2.14. The van der Waals surface area contributed by atoms with E-state index in [0.29, 0.717) is 22.3 Å². The number of methoxy groups -OCH3 is 1. The first-order valence-corrected chi connectivity index (χ1v) is 7.65. The minimum atomic E-state index is -0.264. The molecule has 0 aliphatic heterocycles. The van der Waals surface area contributed by atoms with Gasteiger partial charge in [-0.25, -0.2) is 0 Å². The first kappa shape index (κ1) is 15.9. The third-order valence-electron chi connectivity index (χ3n) is 3.02. The van der Waals surface area contributed by atoms with Crippen molar-refractivity contribution in [3.8, 4) is 5.75 Å². The van der Waals surface area contributed by atoms with Crippen molar-refractivity contribution in [2.24, 2.45) is 0 Å². The normalized spacial score (nSPS) is 11.8. The second-order valence-corrected chi connectivity index (χ2v) is 5.82. The topological polar surface area (TPSA) is 38.3 Å². The van der Waals surface area contributed by atoms with Crippen molar-refractivity contribution < 1.29 is 9.53 Å². The molecule has 0 bridgehead atoms. The molecule has 0 aliphatic carbocycles. The molecule has 0 heterocycles. The molecule has 1 atom stereocenters. The van der Waals surface area contributed by atoms with Crippen molar-refractivity contribution in [1.29, 1.82) is 0 Å². The Balaban J connectivity index is 2.02. The van der Waals surface area contributed by atoms with E-state index in [-0.39, 0.29) is 11.3 Å².